The minimum absolute atomic E-state index is 0.0371. The Labute approximate surface area is 118 Å². The van der Waals surface area contributed by atoms with E-state index in [0.717, 1.165) is 4.88 Å². The average Bonchev–Trinajstić information content (AvgIpc) is 3.07. The minimum Gasteiger partial charge on any atom is -0.386 e. The molecule has 0 aliphatic rings. The molecule has 2 aromatic heterocycles. The van der Waals surface area contributed by atoms with Gasteiger partial charge in [-0.1, -0.05) is 11.2 Å². The van der Waals surface area contributed by atoms with E-state index in [-0.39, 0.29) is 12.4 Å². The summed E-state index contributed by atoms with van der Waals surface area (Å²) in [5, 5.41) is 19.8. The van der Waals surface area contributed by atoms with Crippen LogP contribution in [0.25, 0.3) is 0 Å². The fourth-order valence-electron chi connectivity index (χ4n) is 1.45. The number of amides is 2. The smallest absolute Gasteiger partial charge is 0.314 e. The SMILES string of the molecule is Cc1cc(NC(=O)C(=O)NCC(O)c2cccs2)no1. The second-order valence-electron chi connectivity index (χ2n) is 4.02. The zero-order valence-corrected chi connectivity index (χ0v) is 11.4. The van der Waals surface area contributed by atoms with Crippen molar-refractivity contribution < 1.29 is 19.2 Å². The molecule has 0 fully saturated rings. The van der Waals surface area contributed by atoms with Crippen LogP contribution in [0.5, 0.6) is 0 Å². The van der Waals surface area contributed by atoms with Gasteiger partial charge in [0.2, 0.25) is 0 Å². The Kier molecular flexibility index (Phi) is 4.49. The average molecular weight is 295 g/mol. The molecule has 2 amide bonds. The number of hydrogen-bond donors (Lipinski definition) is 3. The van der Waals surface area contributed by atoms with E-state index < -0.39 is 17.9 Å². The molecular weight excluding hydrogens is 282 g/mol. The van der Waals surface area contributed by atoms with Crippen molar-refractivity contribution in [3.63, 3.8) is 0 Å². The fraction of sp³-hybridized carbons (Fsp3) is 0.250. The van der Waals surface area contributed by atoms with Gasteiger partial charge in [0.15, 0.2) is 5.82 Å². The summed E-state index contributed by atoms with van der Waals surface area (Å²) in [6.07, 6.45) is -0.832. The number of nitrogens with one attached hydrogen (secondary N) is 2. The Balaban J connectivity index is 1.81. The summed E-state index contributed by atoms with van der Waals surface area (Å²) in [6.45, 7) is 1.63. The van der Waals surface area contributed by atoms with Crippen LogP contribution >= 0.6 is 11.3 Å². The third-order valence-electron chi connectivity index (χ3n) is 2.40. The number of thiophene rings is 1. The number of rotatable bonds is 4. The molecule has 2 heterocycles. The molecule has 7 nitrogen and oxygen atoms in total. The van der Waals surface area contributed by atoms with Crippen molar-refractivity contribution in [1.29, 1.82) is 0 Å². The van der Waals surface area contributed by atoms with E-state index in [1.807, 2.05) is 5.38 Å². The largest absolute Gasteiger partial charge is 0.386 e. The first-order valence-corrected chi connectivity index (χ1v) is 6.68. The highest BCUT2D eigenvalue weighted by Crippen LogP contribution is 2.17. The molecule has 8 heteroatoms. The lowest BCUT2D eigenvalue weighted by Crippen LogP contribution is -2.37. The van der Waals surface area contributed by atoms with Crippen molar-refractivity contribution >= 4 is 29.0 Å². The molecule has 0 radical (unpaired) electrons. The van der Waals surface area contributed by atoms with Gasteiger partial charge in [-0.2, -0.15) is 0 Å². The summed E-state index contributed by atoms with van der Waals surface area (Å²) in [7, 11) is 0. The number of hydrogen-bond acceptors (Lipinski definition) is 6. The number of aryl methyl sites for hydroxylation is 1. The fourth-order valence-corrected chi connectivity index (χ4v) is 2.16. The third kappa shape index (κ3) is 3.65. The third-order valence-corrected chi connectivity index (χ3v) is 3.38. The van der Waals surface area contributed by atoms with E-state index in [4.69, 9.17) is 4.52 Å². The topological polar surface area (TPSA) is 104 Å². The van der Waals surface area contributed by atoms with Crippen molar-refractivity contribution in [1.82, 2.24) is 10.5 Å². The van der Waals surface area contributed by atoms with Gasteiger partial charge in [0.05, 0.1) is 0 Å². The zero-order valence-electron chi connectivity index (χ0n) is 10.6. The monoisotopic (exact) mass is 295 g/mol. The summed E-state index contributed by atoms with van der Waals surface area (Å²) in [6, 6.07) is 5.04. The van der Waals surface area contributed by atoms with Gasteiger partial charge in [-0.15, -0.1) is 11.3 Å². The molecule has 1 atom stereocenters. The second-order valence-corrected chi connectivity index (χ2v) is 5.00. The second kappa shape index (κ2) is 6.31. The van der Waals surface area contributed by atoms with Crippen molar-refractivity contribution in [2.24, 2.45) is 0 Å². The number of aliphatic hydroxyl groups excluding tert-OH is 1. The lowest BCUT2D eigenvalue weighted by molar-refractivity contribution is -0.136. The molecule has 0 aliphatic carbocycles. The Morgan fingerprint density at radius 2 is 2.30 bits per heavy atom. The van der Waals surface area contributed by atoms with Crippen LogP contribution in [0, 0.1) is 6.92 Å². The van der Waals surface area contributed by atoms with E-state index in [1.165, 1.54) is 17.4 Å². The van der Waals surface area contributed by atoms with Crippen LogP contribution in [0.3, 0.4) is 0 Å². The molecule has 3 N–H and O–H groups in total. The summed E-state index contributed by atoms with van der Waals surface area (Å²) < 4.78 is 4.76. The molecule has 0 saturated carbocycles. The summed E-state index contributed by atoms with van der Waals surface area (Å²) in [4.78, 5) is 23.8. The van der Waals surface area contributed by atoms with Gasteiger partial charge in [-0.25, -0.2) is 0 Å². The minimum atomic E-state index is -0.864. The molecule has 0 saturated heterocycles. The highest BCUT2D eigenvalue weighted by atomic mass is 32.1. The zero-order chi connectivity index (χ0) is 14.5. The maximum Gasteiger partial charge on any atom is 0.314 e. The normalized spacial score (nSPS) is 11.9. The first kappa shape index (κ1) is 14.2. The van der Waals surface area contributed by atoms with Crippen molar-refractivity contribution in [3.8, 4) is 0 Å². The van der Waals surface area contributed by atoms with Gasteiger partial charge in [0.1, 0.15) is 11.9 Å². The van der Waals surface area contributed by atoms with Crippen LogP contribution in [0.1, 0.15) is 16.7 Å². The van der Waals surface area contributed by atoms with Crippen LogP contribution in [0.4, 0.5) is 5.82 Å². The summed E-state index contributed by atoms with van der Waals surface area (Å²) >= 11 is 1.37. The quantitative estimate of drug-likeness (QED) is 0.725. The Morgan fingerprint density at radius 1 is 1.50 bits per heavy atom. The Bertz CT molecular complexity index is 594. The van der Waals surface area contributed by atoms with Gasteiger partial charge < -0.3 is 14.9 Å². The molecule has 0 spiro atoms. The van der Waals surface area contributed by atoms with Crippen LogP contribution < -0.4 is 10.6 Å². The van der Waals surface area contributed by atoms with Crippen molar-refractivity contribution in [3.05, 3.63) is 34.2 Å². The molecule has 2 aromatic rings. The number of anilines is 1. The number of nitrogens with zero attached hydrogens (tertiary/aromatic N) is 1. The van der Waals surface area contributed by atoms with Crippen molar-refractivity contribution in [2.45, 2.75) is 13.0 Å². The predicted molar refractivity (Wildman–Crippen MR) is 72.2 cm³/mol. The first-order valence-electron chi connectivity index (χ1n) is 5.80. The Hall–Kier alpha value is -2.19. The van der Waals surface area contributed by atoms with Gasteiger partial charge in [-0.05, 0) is 18.4 Å². The molecule has 106 valence electrons. The molecule has 0 bridgehead atoms. The van der Waals surface area contributed by atoms with Gasteiger partial charge in [0.25, 0.3) is 0 Å². The lowest BCUT2D eigenvalue weighted by atomic mass is 10.3. The van der Waals surface area contributed by atoms with Crippen LogP contribution in [0.15, 0.2) is 28.1 Å². The van der Waals surface area contributed by atoms with E-state index in [2.05, 4.69) is 15.8 Å². The van der Waals surface area contributed by atoms with E-state index >= 15 is 0 Å². The Morgan fingerprint density at radius 3 is 2.90 bits per heavy atom. The van der Waals surface area contributed by atoms with Crippen LogP contribution in [0.2, 0.25) is 0 Å². The highest BCUT2D eigenvalue weighted by molar-refractivity contribution is 7.10. The number of carbonyl (C=O) groups excluding carboxylic acids is 2. The van der Waals surface area contributed by atoms with E-state index in [9.17, 15) is 14.7 Å². The number of aromatic nitrogens is 1. The molecule has 1 unspecified atom stereocenters. The summed E-state index contributed by atoms with van der Waals surface area (Å²) in [5.41, 5.74) is 0. The molecule has 20 heavy (non-hydrogen) atoms. The standard InChI is InChI=1S/C12H13N3O4S/c1-7-5-10(15-19-7)14-12(18)11(17)13-6-8(16)9-3-2-4-20-9/h2-5,8,16H,6H2,1H3,(H,13,17)(H,14,15,18). The van der Waals surface area contributed by atoms with E-state index in [1.54, 1.807) is 19.1 Å². The predicted octanol–water partition coefficient (Wildman–Crippen LogP) is 0.833. The number of aliphatic hydroxyl groups is 1. The lowest BCUT2D eigenvalue weighted by Gasteiger charge is -2.09. The van der Waals surface area contributed by atoms with Gasteiger partial charge in [-0.3, -0.25) is 14.9 Å². The van der Waals surface area contributed by atoms with Crippen molar-refractivity contribution in [2.75, 3.05) is 11.9 Å². The van der Waals surface area contributed by atoms with Crippen LogP contribution in [-0.4, -0.2) is 28.6 Å². The maximum absolute atomic E-state index is 11.5. The van der Waals surface area contributed by atoms with Gasteiger partial charge in [0, 0.05) is 17.5 Å². The van der Waals surface area contributed by atoms with Gasteiger partial charge >= 0.3 is 11.8 Å². The number of carbonyl (C=O) groups is 2. The molecule has 0 aliphatic heterocycles. The summed E-state index contributed by atoms with van der Waals surface area (Å²) in [5.74, 6) is -1.02. The maximum atomic E-state index is 11.5. The molecular formula is C12H13N3O4S. The molecule has 0 aromatic carbocycles. The van der Waals surface area contributed by atoms with E-state index in [0.29, 0.717) is 5.76 Å². The molecule has 2 rings (SSSR count). The highest BCUT2D eigenvalue weighted by Gasteiger charge is 2.17. The first-order chi connectivity index (χ1) is 9.56. The van der Waals surface area contributed by atoms with Crippen LogP contribution in [-0.2, 0) is 9.59 Å².